The molecule has 0 unspecified atom stereocenters. The van der Waals surface area contributed by atoms with Crippen LogP contribution >= 0.6 is 0 Å². The quantitative estimate of drug-likeness (QED) is 0.441. The summed E-state index contributed by atoms with van der Waals surface area (Å²) in [6.07, 6.45) is 11.4. The van der Waals surface area contributed by atoms with Crippen LogP contribution in [-0.4, -0.2) is 31.2 Å². The Bertz CT molecular complexity index is 138. The van der Waals surface area contributed by atoms with E-state index in [1.807, 2.05) is 0 Å². The maximum Gasteiger partial charge on any atom is 0.139 e. The number of hydrogen-bond acceptors (Lipinski definition) is 1. The molecule has 0 atom stereocenters. The molecule has 0 N–H and O–H groups in total. The van der Waals surface area contributed by atoms with Crippen molar-refractivity contribution in [1.29, 1.82) is 0 Å². The molecule has 0 saturated heterocycles. The summed E-state index contributed by atoms with van der Waals surface area (Å²) in [5, 5.41) is 0. The highest BCUT2D eigenvalue weighted by molar-refractivity contribution is 6.58. The molecule has 0 amide bonds. The van der Waals surface area contributed by atoms with Gasteiger partial charge in [-0.05, 0) is 26.1 Å². The fraction of sp³-hybridized carbons (Fsp3) is 1.00. The van der Waals surface area contributed by atoms with E-state index in [2.05, 4.69) is 32.6 Å². The van der Waals surface area contributed by atoms with Gasteiger partial charge in [0.1, 0.15) is 6.71 Å². The van der Waals surface area contributed by atoms with E-state index in [0.717, 1.165) is 6.71 Å². The molecule has 0 aromatic heterocycles. The normalized spacial score (nSPS) is 11.1. The van der Waals surface area contributed by atoms with Crippen LogP contribution in [-0.2, 0) is 0 Å². The highest BCUT2D eigenvalue weighted by Crippen LogP contribution is 2.15. The predicted octanol–water partition coefficient (Wildman–Crippen LogP) is 4.81. The fourth-order valence-corrected chi connectivity index (χ4v) is 2.56. The van der Waals surface area contributed by atoms with Gasteiger partial charge in [-0.15, -0.1) is 0 Å². The molecule has 102 valence electrons. The number of nitrogens with zero attached hydrogens (tertiary/aromatic N) is 1. The van der Waals surface area contributed by atoms with Gasteiger partial charge in [-0.3, -0.25) is 0 Å². The minimum Gasteiger partial charge on any atom is -0.304 e. The first-order valence-corrected chi connectivity index (χ1v) is 8.00. The van der Waals surface area contributed by atoms with Gasteiger partial charge in [0.05, 0.1) is 0 Å². The summed E-state index contributed by atoms with van der Waals surface area (Å²) in [6, 6.07) is 0. The van der Waals surface area contributed by atoms with Gasteiger partial charge in [-0.25, -0.2) is 0 Å². The average Bonchev–Trinajstić information content (AvgIpc) is 2.37. The van der Waals surface area contributed by atoms with Crippen LogP contribution in [0.5, 0.6) is 0 Å². The fourth-order valence-electron chi connectivity index (χ4n) is 2.56. The van der Waals surface area contributed by atoms with Crippen LogP contribution in [0.1, 0.15) is 59.8 Å². The SMILES string of the molecule is CCCCB(CCCC)CCCN(CC)CC. The van der Waals surface area contributed by atoms with Gasteiger partial charge in [0, 0.05) is 0 Å². The van der Waals surface area contributed by atoms with Crippen molar-refractivity contribution in [3.8, 4) is 0 Å². The first-order chi connectivity index (χ1) is 8.28. The average molecular weight is 239 g/mol. The maximum absolute atomic E-state index is 2.55. The highest BCUT2D eigenvalue weighted by Gasteiger charge is 2.12. The lowest BCUT2D eigenvalue weighted by Crippen LogP contribution is -2.25. The Labute approximate surface area is 110 Å². The van der Waals surface area contributed by atoms with Crippen LogP contribution in [0.4, 0.5) is 0 Å². The topological polar surface area (TPSA) is 3.24 Å². The van der Waals surface area contributed by atoms with Crippen molar-refractivity contribution in [2.75, 3.05) is 19.6 Å². The Morgan fingerprint density at radius 2 is 1.18 bits per heavy atom. The molecule has 0 aliphatic heterocycles. The Hall–Kier alpha value is 0.0249. The molecule has 0 spiro atoms. The largest absolute Gasteiger partial charge is 0.304 e. The van der Waals surface area contributed by atoms with Gasteiger partial charge in [0.15, 0.2) is 0 Å². The number of hydrogen-bond donors (Lipinski definition) is 0. The monoisotopic (exact) mass is 239 g/mol. The van der Waals surface area contributed by atoms with E-state index in [4.69, 9.17) is 0 Å². The Morgan fingerprint density at radius 3 is 1.59 bits per heavy atom. The molecular weight excluding hydrogens is 205 g/mol. The molecule has 0 aromatic carbocycles. The highest BCUT2D eigenvalue weighted by atomic mass is 15.1. The minimum atomic E-state index is 1.01. The molecule has 0 aromatic rings. The van der Waals surface area contributed by atoms with E-state index in [1.165, 1.54) is 70.7 Å². The first kappa shape index (κ1) is 17.0. The van der Waals surface area contributed by atoms with Crippen molar-refractivity contribution in [2.24, 2.45) is 0 Å². The third-order valence-electron chi connectivity index (χ3n) is 3.91. The summed E-state index contributed by atoms with van der Waals surface area (Å²) in [5.41, 5.74) is 0. The predicted molar refractivity (Wildman–Crippen MR) is 82.4 cm³/mol. The lowest BCUT2D eigenvalue weighted by atomic mass is 9.41. The van der Waals surface area contributed by atoms with E-state index < -0.39 is 0 Å². The second kappa shape index (κ2) is 12.5. The summed E-state index contributed by atoms with van der Waals surface area (Å²) in [7, 11) is 0. The van der Waals surface area contributed by atoms with Gasteiger partial charge in [0.25, 0.3) is 0 Å². The molecule has 0 aliphatic rings. The van der Waals surface area contributed by atoms with Crippen LogP contribution in [0.2, 0.25) is 19.0 Å². The van der Waals surface area contributed by atoms with Crippen LogP contribution in [0.15, 0.2) is 0 Å². The number of rotatable bonds is 12. The molecule has 1 nitrogen and oxygen atoms in total. The van der Waals surface area contributed by atoms with Gasteiger partial charge in [0.2, 0.25) is 0 Å². The smallest absolute Gasteiger partial charge is 0.139 e. The first-order valence-electron chi connectivity index (χ1n) is 8.00. The Balaban J connectivity index is 3.72. The van der Waals surface area contributed by atoms with Crippen LogP contribution < -0.4 is 0 Å². The molecule has 0 bridgehead atoms. The van der Waals surface area contributed by atoms with E-state index >= 15 is 0 Å². The summed E-state index contributed by atoms with van der Waals surface area (Å²) < 4.78 is 0. The molecule has 17 heavy (non-hydrogen) atoms. The van der Waals surface area contributed by atoms with Crippen molar-refractivity contribution in [1.82, 2.24) is 4.90 Å². The van der Waals surface area contributed by atoms with Gasteiger partial charge in [-0.1, -0.05) is 72.3 Å². The zero-order chi connectivity index (χ0) is 12.9. The lowest BCUT2D eigenvalue weighted by molar-refractivity contribution is 0.304. The zero-order valence-electron chi connectivity index (χ0n) is 12.8. The van der Waals surface area contributed by atoms with Crippen molar-refractivity contribution in [2.45, 2.75) is 78.8 Å². The molecule has 0 aliphatic carbocycles. The van der Waals surface area contributed by atoms with E-state index in [9.17, 15) is 0 Å². The second-order valence-electron chi connectivity index (χ2n) is 5.32. The molecule has 0 rings (SSSR count). The third kappa shape index (κ3) is 9.70. The summed E-state index contributed by atoms with van der Waals surface area (Å²) in [4.78, 5) is 2.55. The number of unbranched alkanes of at least 4 members (excludes halogenated alkanes) is 2. The Morgan fingerprint density at radius 1 is 0.706 bits per heavy atom. The summed E-state index contributed by atoms with van der Waals surface area (Å²) in [5.74, 6) is 0. The molecule has 0 radical (unpaired) electrons. The standard InChI is InChI=1S/C15H34BN/c1-5-9-12-16(13-10-6-2)14-11-15-17(7-3)8-4/h5-15H2,1-4H3. The molecule has 2 heteroatoms. The second-order valence-corrected chi connectivity index (χ2v) is 5.32. The zero-order valence-corrected chi connectivity index (χ0v) is 12.8. The van der Waals surface area contributed by atoms with E-state index in [0.29, 0.717) is 0 Å². The molecule has 0 saturated carbocycles. The van der Waals surface area contributed by atoms with Crippen molar-refractivity contribution >= 4 is 6.71 Å². The molecule has 0 fully saturated rings. The minimum absolute atomic E-state index is 1.01. The Kier molecular flexibility index (Phi) is 12.5. The van der Waals surface area contributed by atoms with E-state index in [-0.39, 0.29) is 0 Å². The van der Waals surface area contributed by atoms with Crippen molar-refractivity contribution in [3.05, 3.63) is 0 Å². The van der Waals surface area contributed by atoms with Crippen molar-refractivity contribution in [3.63, 3.8) is 0 Å². The van der Waals surface area contributed by atoms with E-state index in [1.54, 1.807) is 0 Å². The maximum atomic E-state index is 2.55. The summed E-state index contributed by atoms with van der Waals surface area (Å²) in [6.45, 7) is 13.9. The molecular formula is C15H34BN. The van der Waals surface area contributed by atoms with Crippen LogP contribution in [0, 0.1) is 0 Å². The van der Waals surface area contributed by atoms with Crippen LogP contribution in [0.25, 0.3) is 0 Å². The van der Waals surface area contributed by atoms with Gasteiger partial charge < -0.3 is 4.90 Å². The lowest BCUT2D eigenvalue weighted by Gasteiger charge is -2.19. The molecule has 0 heterocycles. The van der Waals surface area contributed by atoms with Gasteiger partial charge >= 0.3 is 0 Å². The van der Waals surface area contributed by atoms with Gasteiger partial charge in [-0.2, -0.15) is 0 Å². The van der Waals surface area contributed by atoms with Crippen LogP contribution in [0.3, 0.4) is 0 Å². The summed E-state index contributed by atoms with van der Waals surface area (Å²) >= 11 is 0. The van der Waals surface area contributed by atoms with Crippen molar-refractivity contribution < 1.29 is 0 Å². The third-order valence-corrected chi connectivity index (χ3v) is 3.91.